The molecule has 1 atom stereocenters. The molecule has 2 aromatic rings. The number of anilines is 1. The fourth-order valence-corrected chi connectivity index (χ4v) is 1.93. The third-order valence-corrected chi connectivity index (χ3v) is 2.91. The molecule has 0 saturated carbocycles. The largest absolute Gasteiger partial charge is 0.508 e. The van der Waals surface area contributed by atoms with Crippen LogP contribution in [-0.2, 0) is 0 Å². The Morgan fingerprint density at radius 2 is 1.78 bits per heavy atom. The number of halogens is 1. The van der Waals surface area contributed by atoms with Gasteiger partial charge in [0.15, 0.2) is 0 Å². The Labute approximate surface area is 106 Å². The lowest BCUT2D eigenvalue weighted by Gasteiger charge is -2.19. The van der Waals surface area contributed by atoms with Crippen LogP contribution in [0.4, 0.5) is 10.1 Å². The van der Waals surface area contributed by atoms with Crippen molar-refractivity contribution in [2.75, 3.05) is 5.32 Å². The zero-order chi connectivity index (χ0) is 13.0. The summed E-state index contributed by atoms with van der Waals surface area (Å²) in [5.74, 6) is 0.0233. The van der Waals surface area contributed by atoms with Crippen LogP contribution in [0.2, 0.25) is 0 Å². The van der Waals surface area contributed by atoms with Crippen molar-refractivity contribution in [1.82, 2.24) is 0 Å². The van der Waals surface area contributed by atoms with Crippen LogP contribution in [0.3, 0.4) is 0 Å². The lowest BCUT2D eigenvalue weighted by atomic mass is 10.0. The van der Waals surface area contributed by atoms with Crippen LogP contribution in [0.5, 0.6) is 5.75 Å². The molecule has 2 rings (SSSR count). The molecule has 2 nitrogen and oxygen atoms in total. The number of para-hydroxylation sites is 1. The highest BCUT2D eigenvalue weighted by atomic mass is 19.1. The number of phenolic OH excluding ortho intramolecular Hbond substituents is 1. The van der Waals surface area contributed by atoms with Gasteiger partial charge in [0.1, 0.15) is 11.6 Å². The maximum atomic E-state index is 12.8. The SMILES string of the molecule is CCC(Nc1ccc(F)cc1)c1ccccc1O. The number of nitrogens with one attached hydrogen (secondary N) is 1. The average molecular weight is 245 g/mol. The fraction of sp³-hybridized carbons (Fsp3) is 0.200. The third-order valence-electron chi connectivity index (χ3n) is 2.91. The van der Waals surface area contributed by atoms with Crippen molar-refractivity contribution in [2.45, 2.75) is 19.4 Å². The topological polar surface area (TPSA) is 32.3 Å². The second-order valence-corrected chi connectivity index (χ2v) is 4.17. The molecule has 0 heterocycles. The highest BCUT2D eigenvalue weighted by Crippen LogP contribution is 2.29. The Hall–Kier alpha value is -2.03. The summed E-state index contributed by atoms with van der Waals surface area (Å²) < 4.78 is 12.8. The molecular weight excluding hydrogens is 229 g/mol. The van der Waals surface area contributed by atoms with Gasteiger partial charge in [0.2, 0.25) is 0 Å². The molecule has 0 aliphatic rings. The van der Waals surface area contributed by atoms with Gasteiger partial charge in [-0.15, -0.1) is 0 Å². The van der Waals surface area contributed by atoms with Crippen molar-refractivity contribution in [2.24, 2.45) is 0 Å². The second-order valence-electron chi connectivity index (χ2n) is 4.17. The van der Waals surface area contributed by atoms with E-state index in [1.165, 1.54) is 12.1 Å². The monoisotopic (exact) mass is 245 g/mol. The van der Waals surface area contributed by atoms with Gasteiger partial charge in [-0.1, -0.05) is 25.1 Å². The predicted octanol–water partition coefficient (Wildman–Crippen LogP) is 4.09. The minimum atomic E-state index is -0.254. The smallest absolute Gasteiger partial charge is 0.123 e. The van der Waals surface area contributed by atoms with Gasteiger partial charge in [0.25, 0.3) is 0 Å². The zero-order valence-electron chi connectivity index (χ0n) is 10.2. The maximum absolute atomic E-state index is 12.8. The third kappa shape index (κ3) is 2.80. The van der Waals surface area contributed by atoms with E-state index in [9.17, 15) is 9.50 Å². The Balaban J connectivity index is 2.20. The standard InChI is InChI=1S/C15H16FNO/c1-2-14(13-5-3-4-6-15(13)18)17-12-9-7-11(16)8-10-12/h3-10,14,17-18H,2H2,1H3. The molecule has 2 aromatic carbocycles. The van der Waals surface area contributed by atoms with E-state index in [4.69, 9.17) is 0 Å². The summed E-state index contributed by atoms with van der Waals surface area (Å²) in [6, 6.07) is 13.5. The molecule has 0 aliphatic carbocycles. The predicted molar refractivity (Wildman–Crippen MR) is 71.2 cm³/mol. The number of hydrogen-bond acceptors (Lipinski definition) is 2. The van der Waals surface area contributed by atoms with E-state index in [1.807, 2.05) is 19.1 Å². The average Bonchev–Trinajstić information content (AvgIpc) is 2.39. The lowest BCUT2D eigenvalue weighted by Crippen LogP contribution is -2.09. The van der Waals surface area contributed by atoms with E-state index in [0.29, 0.717) is 0 Å². The first-order valence-electron chi connectivity index (χ1n) is 6.00. The summed E-state index contributed by atoms with van der Waals surface area (Å²) in [4.78, 5) is 0. The van der Waals surface area contributed by atoms with Gasteiger partial charge in [-0.2, -0.15) is 0 Å². The molecule has 0 amide bonds. The van der Waals surface area contributed by atoms with E-state index >= 15 is 0 Å². The van der Waals surface area contributed by atoms with Crippen molar-refractivity contribution in [3.05, 3.63) is 59.9 Å². The van der Waals surface area contributed by atoms with Crippen LogP contribution in [0, 0.1) is 5.82 Å². The van der Waals surface area contributed by atoms with E-state index in [-0.39, 0.29) is 17.6 Å². The number of benzene rings is 2. The molecule has 94 valence electrons. The summed E-state index contributed by atoms with van der Waals surface area (Å²) in [7, 11) is 0. The van der Waals surface area contributed by atoms with E-state index in [2.05, 4.69) is 5.32 Å². The van der Waals surface area contributed by atoms with Crippen molar-refractivity contribution >= 4 is 5.69 Å². The van der Waals surface area contributed by atoms with Crippen LogP contribution in [-0.4, -0.2) is 5.11 Å². The minimum Gasteiger partial charge on any atom is -0.508 e. The number of rotatable bonds is 4. The number of hydrogen-bond donors (Lipinski definition) is 2. The molecule has 0 radical (unpaired) electrons. The first kappa shape index (κ1) is 12.4. The molecule has 0 aliphatic heterocycles. The molecule has 0 saturated heterocycles. The molecule has 2 N–H and O–H groups in total. The van der Waals surface area contributed by atoms with Gasteiger partial charge in [-0.05, 0) is 36.8 Å². The normalized spacial score (nSPS) is 12.1. The summed E-state index contributed by atoms with van der Waals surface area (Å²) in [5, 5.41) is 13.1. The van der Waals surface area contributed by atoms with Gasteiger partial charge in [0.05, 0.1) is 6.04 Å². The summed E-state index contributed by atoms with van der Waals surface area (Å²) in [5.41, 5.74) is 1.69. The highest BCUT2D eigenvalue weighted by Gasteiger charge is 2.12. The van der Waals surface area contributed by atoms with Crippen LogP contribution in [0.25, 0.3) is 0 Å². The quantitative estimate of drug-likeness (QED) is 0.850. The number of aromatic hydroxyl groups is 1. The molecular formula is C15H16FNO. The van der Waals surface area contributed by atoms with Gasteiger partial charge in [0, 0.05) is 11.3 Å². The Morgan fingerprint density at radius 1 is 1.11 bits per heavy atom. The van der Waals surface area contributed by atoms with Gasteiger partial charge in [-0.25, -0.2) is 4.39 Å². The van der Waals surface area contributed by atoms with E-state index in [1.54, 1.807) is 24.3 Å². The van der Waals surface area contributed by atoms with E-state index in [0.717, 1.165) is 17.7 Å². The first-order chi connectivity index (χ1) is 8.70. The van der Waals surface area contributed by atoms with Crippen molar-refractivity contribution in [3.8, 4) is 5.75 Å². The summed E-state index contributed by atoms with van der Waals surface area (Å²) >= 11 is 0. The molecule has 0 aromatic heterocycles. The lowest BCUT2D eigenvalue weighted by molar-refractivity contribution is 0.463. The Morgan fingerprint density at radius 3 is 2.39 bits per heavy atom. The zero-order valence-corrected chi connectivity index (χ0v) is 10.2. The van der Waals surface area contributed by atoms with Gasteiger partial charge < -0.3 is 10.4 Å². The summed E-state index contributed by atoms with van der Waals surface area (Å²) in [6.07, 6.45) is 0.828. The van der Waals surface area contributed by atoms with Crippen LogP contribution < -0.4 is 5.32 Å². The first-order valence-corrected chi connectivity index (χ1v) is 6.00. The number of phenols is 1. The van der Waals surface area contributed by atoms with E-state index < -0.39 is 0 Å². The molecule has 3 heteroatoms. The fourth-order valence-electron chi connectivity index (χ4n) is 1.93. The van der Waals surface area contributed by atoms with Gasteiger partial charge >= 0.3 is 0 Å². The Kier molecular flexibility index (Phi) is 3.82. The highest BCUT2D eigenvalue weighted by molar-refractivity contribution is 5.47. The minimum absolute atomic E-state index is 0.0108. The van der Waals surface area contributed by atoms with Crippen LogP contribution in [0.1, 0.15) is 24.9 Å². The molecule has 1 unspecified atom stereocenters. The second kappa shape index (κ2) is 5.54. The molecule has 0 fully saturated rings. The van der Waals surface area contributed by atoms with Crippen molar-refractivity contribution in [1.29, 1.82) is 0 Å². The molecule has 18 heavy (non-hydrogen) atoms. The molecule has 0 bridgehead atoms. The maximum Gasteiger partial charge on any atom is 0.123 e. The summed E-state index contributed by atoms with van der Waals surface area (Å²) in [6.45, 7) is 2.04. The van der Waals surface area contributed by atoms with Gasteiger partial charge in [-0.3, -0.25) is 0 Å². The molecule has 0 spiro atoms. The van der Waals surface area contributed by atoms with Crippen molar-refractivity contribution < 1.29 is 9.50 Å². The van der Waals surface area contributed by atoms with Crippen LogP contribution in [0.15, 0.2) is 48.5 Å². The Bertz CT molecular complexity index is 510. The van der Waals surface area contributed by atoms with Crippen LogP contribution >= 0.6 is 0 Å². The van der Waals surface area contributed by atoms with Crippen molar-refractivity contribution in [3.63, 3.8) is 0 Å².